The zero-order valence-corrected chi connectivity index (χ0v) is 24.9. The normalized spacial score (nSPS) is 24.8. The molecule has 218 valence electrons. The van der Waals surface area contributed by atoms with Crippen LogP contribution in [0.1, 0.15) is 68.8 Å². The van der Waals surface area contributed by atoms with Crippen molar-refractivity contribution >= 4 is 35.0 Å². The van der Waals surface area contributed by atoms with Crippen LogP contribution in [0, 0.1) is 11.7 Å². The number of benzene rings is 2. The van der Waals surface area contributed by atoms with E-state index in [1.165, 1.54) is 12.1 Å². The summed E-state index contributed by atoms with van der Waals surface area (Å²) in [4.78, 5) is 29.9. The minimum Gasteiger partial charge on any atom is -0.383 e. The van der Waals surface area contributed by atoms with Crippen LogP contribution in [-0.4, -0.2) is 61.9 Å². The summed E-state index contributed by atoms with van der Waals surface area (Å²) in [5.74, 6) is -1.11. The molecular weight excluding hydrogens is 568 g/mol. The van der Waals surface area contributed by atoms with E-state index in [4.69, 9.17) is 23.2 Å². The Morgan fingerprint density at radius 2 is 1.88 bits per heavy atom. The molecule has 2 saturated heterocycles. The second-order valence-electron chi connectivity index (χ2n) is 11.3. The number of carbonyl (C=O) groups is 2. The second kappa shape index (κ2) is 11.3. The van der Waals surface area contributed by atoms with Crippen LogP contribution in [0.4, 0.5) is 4.39 Å². The lowest BCUT2D eigenvalue weighted by atomic mass is 9.88. The predicted molar refractivity (Wildman–Crippen MR) is 154 cm³/mol. The van der Waals surface area contributed by atoms with Crippen molar-refractivity contribution in [2.75, 3.05) is 20.1 Å². The third-order valence-electron chi connectivity index (χ3n) is 8.94. The first-order chi connectivity index (χ1) is 19.5. The van der Waals surface area contributed by atoms with Crippen molar-refractivity contribution < 1.29 is 19.1 Å². The first-order valence-corrected chi connectivity index (χ1v) is 14.6. The Bertz CT molecular complexity index is 1450. The Balaban J connectivity index is 1.34. The zero-order valence-electron chi connectivity index (χ0n) is 23.4. The molecule has 8 nitrogen and oxygen atoms in total. The molecule has 0 spiro atoms. The van der Waals surface area contributed by atoms with E-state index in [9.17, 15) is 19.1 Å². The molecule has 2 aromatic carbocycles. The van der Waals surface area contributed by atoms with E-state index in [1.807, 2.05) is 13.8 Å². The van der Waals surface area contributed by atoms with Gasteiger partial charge in [-0.15, -0.1) is 5.10 Å². The second-order valence-corrected chi connectivity index (χ2v) is 12.1. The van der Waals surface area contributed by atoms with Crippen LogP contribution in [0.5, 0.6) is 0 Å². The van der Waals surface area contributed by atoms with Gasteiger partial charge in [-0.1, -0.05) is 53.5 Å². The van der Waals surface area contributed by atoms with Gasteiger partial charge in [0.25, 0.3) is 0 Å². The summed E-state index contributed by atoms with van der Waals surface area (Å²) < 4.78 is 15.3. The molecule has 1 aromatic heterocycles. The molecule has 3 heterocycles. The highest BCUT2D eigenvalue weighted by Crippen LogP contribution is 2.41. The number of aliphatic hydroxyl groups is 1. The van der Waals surface area contributed by atoms with Crippen LogP contribution in [0.2, 0.25) is 10.0 Å². The highest BCUT2D eigenvalue weighted by molar-refractivity contribution is 6.42. The van der Waals surface area contributed by atoms with Crippen molar-refractivity contribution in [3.8, 4) is 0 Å². The van der Waals surface area contributed by atoms with E-state index >= 15 is 0 Å². The van der Waals surface area contributed by atoms with Gasteiger partial charge in [0.15, 0.2) is 0 Å². The molecule has 2 aliphatic heterocycles. The zero-order chi connectivity index (χ0) is 29.5. The van der Waals surface area contributed by atoms with Gasteiger partial charge in [0.1, 0.15) is 17.1 Å². The Kier molecular flexibility index (Phi) is 8.16. The van der Waals surface area contributed by atoms with Crippen LogP contribution in [0.15, 0.2) is 48.7 Å². The van der Waals surface area contributed by atoms with E-state index < -0.39 is 23.1 Å². The number of likely N-dealkylation sites (tertiary alicyclic amines) is 2. The van der Waals surface area contributed by atoms with E-state index in [1.54, 1.807) is 58.1 Å². The van der Waals surface area contributed by atoms with Crippen LogP contribution in [0.3, 0.4) is 0 Å². The van der Waals surface area contributed by atoms with Crippen molar-refractivity contribution in [3.05, 3.63) is 81.3 Å². The highest BCUT2D eigenvalue weighted by Gasteiger charge is 2.45. The number of hydrogen-bond donors (Lipinski definition) is 1. The molecule has 4 unspecified atom stereocenters. The highest BCUT2D eigenvalue weighted by atomic mass is 35.5. The Hall–Kier alpha value is -3.01. The van der Waals surface area contributed by atoms with Gasteiger partial charge in [-0.3, -0.25) is 9.59 Å². The molecule has 2 fully saturated rings. The quantitative estimate of drug-likeness (QED) is 0.413. The summed E-state index contributed by atoms with van der Waals surface area (Å²) in [5, 5.41) is 21.2. The average molecular weight is 603 g/mol. The fourth-order valence-corrected chi connectivity index (χ4v) is 6.41. The van der Waals surface area contributed by atoms with Gasteiger partial charge in [-0.2, -0.15) is 0 Å². The summed E-state index contributed by atoms with van der Waals surface area (Å²) >= 11 is 12.4. The lowest BCUT2D eigenvalue weighted by Gasteiger charge is -2.30. The number of rotatable bonds is 6. The lowest BCUT2D eigenvalue weighted by Crippen LogP contribution is -2.39. The number of hydrogen-bond acceptors (Lipinski definition) is 5. The van der Waals surface area contributed by atoms with E-state index in [-0.39, 0.29) is 30.5 Å². The molecule has 41 heavy (non-hydrogen) atoms. The summed E-state index contributed by atoms with van der Waals surface area (Å²) in [6, 6.07) is 11.1. The molecular formula is C30H34Cl2FN5O3. The predicted octanol–water partition coefficient (Wildman–Crippen LogP) is 5.32. The SMILES string of the molecule is CCC(C)(c1ccc(F)cc1)n1cc(C2(O)CCCN(C(=O)C3CC(=O)N(C)C3c3ccc(Cl)c(Cl)c3)CC2)nn1. The third kappa shape index (κ3) is 5.47. The first-order valence-electron chi connectivity index (χ1n) is 13.9. The number of halogens is 3. The van der Waals surface area contributed by atoms with E-state index in [0.29, 0.717) is 48.1 Å². The average Bonchev–Trinajstić information content (AvgIpc) is 3.52. The smallest absolute Gasteiger partial charge is 0.228 e. The minimum absolute atomic E-state index is 0.105. The number of amides is 2. The Morgan fingerprint density at radius 1 is 1.15 bits per heavy atom. The minimum atomic E-state index is -1.27. The monoisotopic (exact) mass is 601 g/mol. The molecule has 0 aliphatic carbocycles. The van der Waals surface area contributed by atoms with Crippen LogP contribution in [0.25, 0.3) is 0 Å². The molecule has 2 aliphatic rings. The van der Waals surface area contributed by atoms with E-state index in [0.717, 1.165) is 11.1 Å². The van der Waals surface area contributed by atoms with Crippen LogP contribution in [-0.2, 0) is 20.7 Å². The van der Waals surface area contributed by atoms with Gasteiger partial charge >= 0.3 is 0 Å². The van der Waals surface area contributed by atoms with Crippen molar-refractivity contribution in [3.63, 3.8) is 0 Å². The summed E-state index contributed by atoms with van der Waals surface area (Å²) in [6.07, 6.45) is 3.80. The fourth-order valence-electron chi connectivity index (χ4n) is 6.10. The van der Waals surface area contributed by atoms with Gasteiger partial charge in [-0.25, -0.2) is 9.07 Å². The summed E-state index contributed by atoms with van der Waals surface area (Å²) in [5.41, 5.74) is 0.237. The maximum Gasteiger partial charge on any atom is 0.228 e. The van der Waals surface area contributed by atoms with Crippen molar-refractivity contribution in [1.82, 2.24) is 24.8 Å². The molecule has 0 saturated carbocycles. The molecule has 0 radical (unpaired) electrons. The summed E-state index contributed by atoms with van der Waals surface area (Å²) in [6.45, 7) is 4.79. The van der Waals surface area contributed by atoms with Gasteiger partial charge in [0.2, 0.25) is 11.8 Å². The lowest BCUT2D eigenvalue weighted by molar-refractivity contribution is -0.136. The number of carbonyl (C=O) groups excluding carboxylic acids is 2. The largest absolute Gasteiger partial charge is 0.383 e. The molecule has 5 rings (SSSR count). The number of aromatic nitrogens is 3. The third-order valence-corrected chi connectivity index (χ3v) is 9.68. The van der Waals surface area contributed by atoms with Crippen LogP contribution < -0.4 is 0 Å². The van der Waals surface area contributed by atoms with Crippen molar-refractivity contribution in [2.45, 2.75) is 63.1 Å². The molecule has 0 bridgehead atoms. The van der Waals surface area contributed by atoms with Crippen molar-refractivity contribution in [2.24, 2.45) is 5.92 Å². The standard InChI is InChI=1S/C30H34Cl2FN5O3/c1-4-29(2,20-7-9-21(33)10-8-20)38-18-25(34-35-38)30(41)12-5-14-37(15-13-30)28(40)22-17-26(39)36(3)27(22)19-6-11-23(31)24(32)16-19/h6-11,16,18,22,27,41H,4-5,12-15,17H2,1-3H3. The van der Waals surface area contributed by atoms with Crippen LogP contribution >= 0.6 is 23.2 Å². The Labute approximate surface area is 249 Å². The Morgan fingerprint density at radius 3 is 2.56 bits per heavy atom. The van der Waals surface area contributed by atoms with Gasteiger partial charge < -0.3 is 14.9 Å². The maximum absolute atomic E-state index is 13.8. The van der Waals surface area contributed by atoms with Gasteiger partial charge in [-0.05, 0) is 68.0 Å². The maximum atomic E-state index is 13.8. The molecule has 2 amide bonds. The van der Waals surface area contributed by atoms with Crippen molar-refractivity contribution in [1.29, 1.82) is 0 Å². The summed E-state index contributed by atoms with van der Waals surface area (Å²) in [7, 11) is 1.70. The molecule has 1 N–H and O–H groups in total. The van der Waals surface area contributed by atoms with Gasteiger partial charge in [0, 0.05) is 26.6 Å². The molecule has 4 atom stereocenters. The first kappa shape index (κ1) is 29.5. The molecule has 11 heteroatoms. The molecule has 3 aromatic rings. The fraction of sp³-hybridized carbons (Fsp3) is 0.467. The van der Waals surface area contributed by atoms with E-state index in [2.05, 4.69) is 10.3 Å². The topological polar surface area (TPSA) is 91.6 Å². The number of nitrogens with zero attached hydrogens (tertiary/aromatic N) is 5. The van der Waals surface area contributed by atoms with Gasteiger partial charge in [0.05, 0.1) is 33.7 Å².